The lowest BCUT2D eigenvalue weighted by molar-refractivity contribution is -0.129. The molecule has 0 aromatic rings. The molecule has 0 saturated carbocycles. The van der Waals surface area contributed by atoms with Crippen molar-refractivity contribution >= 4 is 5.91 Å². The molecule has 12 heavy (non-hydrogen) atoms. The van der Waals surface area contributed by atoms with E-state index in [1.54, 1.807) is 4.90 Å². The topological polar surface area (TPSA) is 60.8 Å². The van der Waals surface area contributed by atoms with Gasteiger partial charge in [-0.1, -0.05) is 0 Å². The molecule has 0 radical (unpaired) electrons. The van der Waals surface area contributed by atoms with Gasteiger partial charge in [0.1, 0.15) is 0 Å². The Balaban J connectivity index is 2.40. The fourth-order valence-electron chi connectivity index (χ4n) is 1.53. The summed E-state index contributed by atoms with van der Waals surface area (Å²) in [6.45, 7) is 0.708. The van der Waals surface area contributed by atoms with E-state index < -0.39 is 0 Å². The molecule has 0 spiro atoms. The van der Waals surface area contributed by atoms with E-state index in [1.165, 1.54) is 0 Å². The van der Waals surface area contributed by atoms with Crippen molar-refractivity contribution in [3.05, 3.63) is 0 Å². The zero-order chi connectivity index (χ0) is 8.97. The van der Waals surface area contributed by atoms with E-state index in [9.17, 15) is 4.79 Å². The number of likely N-dealkylation sites (tertiary alicyclic amines) is 1. The van der Waals surface area contributed by atoms with Gasteiger partial charge in [-0.3, -0.25) is 4.79 Å². The summed E-state index contributed by atoms with van der Waals surface area (Å²) in [5.74, 6) is 0.0995. The first-order chi connectivity index (χ1) is 5.79. The highest BCUT2D eigenvalue weighted by Gasteiger charge is 2.29. The van der Waals surface area contributed by atoms with Gasteiger partial charge in [0, 0.05) is 19.6 Å². The van der Waals surface area contributed by atoms with Crippen molar-refractivity contribution in [1.29, 1.82) is 0 Å². The Labute approximate surface area is 71.8 Å². The molecule has 4 nitrogen and oxygen atoms in total. The van der Waals surface area contributed by atoms with Crippen LogP contribution < -0.4 is 0 Å². The first-order valence-electron chi connectivity index (χ1n) is 4.30. The summed E-state index contributed by atoms with van der Waals surface area (Å²) in [6.07, 6.45) is 1.89. The molecule has 1 atom stereocenters. The van der Waals surface area contributed by atoms with E-state index in [0.717, 1.165) is 6.42 Å². The highest BCUT2D eigenvalue weighted by atomic mass is 16.3. The molecule has 0 bridgehead atoms. The van der Waals surface area contributed by atoms with Gasteiger partial charge in [-0.05, 0) is 12.8 Å². The molecule has 1 saturated heterocycles. The Bertz CT molecular complexity index is 160. The lowest BCUT2D eigenvalue weighted by atomic mass is 10.2. The monoisotopic (exact) mass is 173 g/mol. The summed E-state index contributed by atoms with van der Waals surface area (Å²) in [7, 11) is 0. The number of carbonyl (C=O) groups is 1. The number of aliphatic hydroxyl groups excluding tert-OH is 2. The van der Waals surface area contributed by atoms with E-state index in [4.69, 9.17) is 10.2 Å². The van der Waals surface area contributed by atoms with Crippen molar-refractivity contribution in [2.24, 2.45) is 0 Å². The van der Waals surface area contributed by atoms with Crippen molar-refractivity contribution in [3.63, 3.8) is 0 Å². The van der Waals surface area contributed by atoms with Gasteiger partial charge in [0.05, 0.1) is 12.6 Å². The highest BCUT2D eigenvalue weighted by Crippen LogP contribution is 2.17. The fraction of sp³-hybridized carbons (Fsp3) is 0.875. The number of nitrogens with zero attached hydrogens (tertiary/aromatic N) is 1. The molecule has 0 aromatic carbocycles. The van der Waals surface area contributed by atoms with Crippen LogP contribution in [-0.2, 0) is 4.79 Å². The van der Waals surface area contributed by atoms with Crippen LogP contribution in [0.25, 0.3) is 0 Å². The average molecular weight is 173 g/mol. The Kier molecular flexibility index (Phi) is 3.49. The predicted molar refractivity (Wildman–Crippen MR) is 43.5 cm³/mol. The van der Waals surface area contributed by atoms with Crippen molar-refractivity contribution in [3.8, 4) is 0 Å². The van der Waals surface area contributed by atoms with E-state index in [2.05, 4.69) is 0 Å². The largest absolute Gasteiger partial charge is 0.396 e. The van der Waals surface area contributed by atoms with Crippen LogP contribution in [0.4, 0.5) is 0 Å². The van der Waals surface area contributed by atoms with Crippen LogP contribution in [0, 0.1) is 0 Å². The molecule has 1 heterocycles. The van der Waals surface area contributed by atoms with Crippen molar-refractivity contribution in [1.82, 2.24) is 4.90 Å². The molecule has 1 rings (SSSR count). The summed E-state index contributed by atoms with van der Waals surface area (Å²) >= 11 is 0. The van der Waals surface area contributed by atoms with Gasteiger partial charge < -0.3 is 15.1 Å². The van der Waals surface area contributed by atoms with Crippen LogP contribution in [0.15, 0.2) is 0 Å². The van der Waals surface area contributed by atoms with Gasteiger partial charge in [-0.2, -0.15) is 0 Å². The van der Waals surface area contributed by atoms with Crippen LogP contribution in [0.3, 0.4) is 0 Å². The van der Waals surface area contributed by atoms with Crippen LogP contribution in [0.1, 0.15) is 19.3 Å². The summed E-state index contributed by atoms with van der Waals surface area (Å²) in [6, 6.07) is -0.0101. The van der Waals surface area contributed by atoms with Crippen LogP contribution >= 0.6 is 0 Å². The minimum absolute atomic E-state index is 0.0101. The van der Waals surface area contributed by atoms with Gasteiger partial charge in [0.2, 0.25) is 5.91 Å². The van der Waals surface area contributed by atoms with Crippen molar-refractivity contribution in [2.75, 3.05) is 19.8 Å². The third-order valence-corrected chi connectivity index (χ3v) is 2.22. The van der Waals surface area contributed by atoms with Crippen LogP contribution in [0.2, 0.25) is 0 Å². The van der Waals surface area contributed by atoms with Crippen LogP contribution in [0.5, 0.6) is 0 Å². The Morgan fingerprint density at radius 3 is 2.83 bits per heavy atom. The van der Waals surface area contributed by atoms with E-state index in [0.29, 0.717) is 19.4 Å². The molecule has 1 aliphatic heterocycles. The third-order valence-electron chi connectivity index (χ3n) is 2.22. The SMILES string of the molecule is O=C1CCC(CO)N1CCCO. The lowest BCUT2D eigenvalue weighted by Gasteiger charge is -2.22. The van der Waals surface area contributed by atoms with Gasteiger partial charge in [0.25, 0.3) is 0 Å². The molecule has 4 heteroatoms. The first kappa shape index (κ1) is 9.48. The lowest BCUT2D eigenvalue weighted by Crippen LogP contribution is -2.36. The second kappa shape index (κ2) is 4.42. The minimum atomic E-state index is -0.0101. The first-order valence-corrected chi connectivity index (χ1v) is 4.30. The standard InChI is InChI=1S/C8H15NO3/c10-5-1-4-9-7(6-11)2-3-8(9)12/h7,10-11H,1-6H2. The molecule has 1 unspecified atom stereocenters. The third kappa shape index (κ3) is 1.95. The molecule has 1 fully saturated rings. The summed E-state index contributed by atoms with van der Waals surface area (Å²) < 4.78 is 0. The number of carbonyl (C=O) groups excluding carboxylic acids is 1. The zero-order valence-corrected chi connectivity index (χ0v) is 7.07. The average Bonchev–Trinajstić information content (AvgIpc) is 2.43. The smallest absolute Gasteiger partial charge is 0.222 e. The number of aliphatic hydroxyl groups is 2. The second-order valence-corrected chi connectivity index (χ2v) is 3.04. The fourth-order valence-corrected chi connectivity index (χ4v) is 1.53. The number of rotatable bonds is 4. The van der Waals surface area contributed by atoms with Crippen molar-refractivity contribution in [2.45, 2.75) is 25.3 Å². The molecule has 2 N–H and O–H groups in total. The maximum atomic E-state index is 11.2. The van der Waals surface area contributed by atoms with Gasteiger partial charge >= 0.3 is 0 Å². The molecular formula is C8H15NO3. The predicted octanol–water partition coefficient (Wildman–Crippen LogP) is -0.648. The quantitative estimate of drug-likeness (QED) is 0.594. The maximum absolute atomic E-state index is 11.2. The van der Waals surface area contributed by atoms with E-state index >= 15 is 0 Å². The van der Waals surface area contributed by atoms with E-state index in [-0.39, 0.29) is 25.2 Å². The summed E-state index contributed by atoms with van der Waals surface area (Å²) in [5.41, 5.74) is 0. The molecule has 0 aliphatic carbocycles. The number of amides is 1. The molecule has 70 valence electrons. The molecule has 1 amide bonds. The Hall–Kier alpha value is -0.610. The van der Waals surface area contributed by atoms with Crippen molar-refractivity contribution < 1.29 is 15.0 Å². The summed E-state index contributed by atoms with van der Waals surface area (Å²) in [4.78, 5) is 12.8. The molecular weight excluding hydrogens is 158 g/mol. The molecule has 0 aromatic heterocycles. The maximum Gasteiger partial charge on any atom is 0.222 e. The second-order valence-electron chi connectivity index (χ2n) is 3.04. The van der Waals surface area contributed by atoms with E-state index in [1.807, 2.05) is 0 Å². The van der Waals surface area contributed by atoms with Gasteiger partial charge in [-0.25, -0.2) is 0 Å². The Morgan fingerprint density at radius 1 is 1.50 bits per heavy atom. The minimum Gasteiger partial charge on any atom is -0.396 e. The van der Waals surface area contributed by atoms with Gasteiger partial charge in [-0.15, -0.1) is 0 Å². The highest BCUT2D eigenvalue weighted by molar-refractivity contribution is 5.78. The zero-order valence-electron chi connectivity index (χ0n) is 7.07. The summed E-state index contributed by atoms with van der Waals surface area (Å²) in [5, 5.41) is 17.5. The number of hydrogen-bond donors (Lipinski definition) is 2. The van der Waals surface area contributed by atoms with Gasteiger partial charge in [0.15, 0.2) is 0 Å². The number of hydrogen-bond acceptors (Lipinski definition) is 3. The normalized spacial score (nSPS) is 23.7. The van der Waals surface area contributed by atoms with Crippen LogP contribution in [-0.4, -0.2) is 46.8 Å². The molecule has 1 aliphatic rings. The Morgan fingerprint density at radius 2 is 2.25 bits per heavy atom.